The van der Waals surface area contributed by atoms with Crippen molar-refractivity contribution in [1.29, 1.82) is 0 Å². The number of halogens is 1. The van der Waals surface area contributed by atoms with Crippen molar-refractivity contribution in [3.8, 4) is 0 Å². The summed E-state index contributed by atoms with van der Waals surface area (Å²) in [5, 5.41) is 0.906. The van der Waals surface area contributed by atoms with Crippen LogP contribution in [0.15, 0.2) is 27.1 Å². The highest BCUT2D eigenvalue weighted by Gasteiger charge is 2.17. The van der Waals surface area contributed by atoms with Gasteiger partial charge >= 0.3 is 5.97 Å². The fraction of sp³-hybridized carbons (Fsp3) is 0.308. The zero-order valence-corrected chi connectivity index (χ0v) is 11.5. The smallest absolute Gasteiger partial charge is 0.341 e. The van der Waals surface area contributed by atoms with Crippen LogP contribution in [-0.4, -0.2) is 13.1 Å². The third kappa shape index (κ3) is 2.22. The molecule has 0 aliphatic rings. The maximum Gasteiger partial charge on any atom is 0.341 e. The van der Waals surface area contributed by atoms with Crippen molar-refractivity contribution < 1.29 is 13.9 Å². The predicted molar refractivity (Wildman–Crippen MR) is 69.3 cm³/mol. The van der Waals surface area contributed by atoms with Crippen molar-refractivity contribution in [2.24, 2.45) is 0 Å². The van der Waals surface area contributed by atoms with Gasteiger partial charge in [0.15, 0.2) is 0 Å². The summed E-state index contributed by atoms with van der Waals surface area (Å²) in [5.74, 6) is 0.760. The number of furan rings is 1. The Morgan fingerprint density at radius 2 is 2.06 bits per heavy atom. The number of esters is 1. The van der Waals surface area contributed by atoms with Gasteiger partial charge in [-0.25, -0.2) is 4.79 Å². The van der Waals surface area contributed by atoms with Crippen molar-refractivity contribution in [2.75, 3.05) is 7.11 Å². The summed E-state index contributed by atoms with van der Waals surface area (Å²) in [6, 6.07) is 5.59. The van der Waals surface area contributed by atoms with Gasteiger partial charge in [-0.1, -0.05) is 29.8 Å². The van der Waals surface area contributed by atoms with Crippen LogP contribution >= 0.6 is 15.9 Å². The van der Waals surface area contributed by atoms with Gasteiger partial charge in [-0.3, -0.25) is 0 Å². The third-order valence-electron chi connectivity index (χ3n) is 2.57. The van der Waals surface area contributed by atoms with Gasteiger partial charge in [0.05, 0.1) is 7.11 Å². The molecule has 0 spiro atoms. The van der Waals surface area contributed by atoms with E-state index in [0.717, 1.165) is 15.6 Å². The molecule has 0 aliphatic heterocycles. The molecular formula is C13H13BrO3. The summed E-state index contributed by atoms with van der Waals surface area (Å²) in [7, 11) is 1.36. The zero-order valence-electron chi connectivity index (χ0n) is 9.91. The number of hydrogen-bond donors (Lipinski definition) is 0. The molecule has 3 nitrogen and oxygen atoms in total. The van der Waals surface area contributed by atoms with E-state index in [1.807, 2.05) is 26.0 Å². The first-order valence-corrected chi connectivity index (χ1v) is 6.13. The number of carbonyl (C=O) groups is 1. The van der Waals surface area contributed by atoms with Gasteiger partial charge in [-0.05, 0) is 18.2 Å². The molecule has 90 valence electrons. The summed E-state index contributed by atoms with van der Waals surface area (Å²) in [6.45, 7) is 4.09. The number of benzene rings is 1. The molecule has 2 rings (SSSR count). The first-order chi connectivity index (χ1) is 8.02. The Labute approximate surface area is 108 Å². The van der Waals surface area contributed by atoms with Gasteiger partial charge < -0.3 is 9.15 Å². The topological polar surface area (TPSA) is 39.4 Å². The SMILES string of the molecule is COC(=O)c1cc(Br)cc2cc(C(C)C)oc12. The van der Waals surface area contributed by atoms with E-state index >= 15 is 0 Å². The van der Waals surface area contributed by atoms with E-state index in [1.165, 1.54) is 7.11 Å². The van der Waals surface area contributed by atoms with Crippen LogP contribution < -0.4 is 0 Å². The van der Waals surface area contributed by atoms with E-state index in [2.05, 4.69) is 15.9 Å². The Hall–Kier alpha value is -1.29. The highest BCUT2D eigenvalue weighted by Crippen LogP contribution is 2.30. The van der Waals surface area contributed by atoms with E-state index in [1.54, 1.807) is 6.07 Å². The molecule has 0 bridgehead atoms. The molecule has 0 radical (unpaired) electrons. The van der Waals surface area contributed by atoms with Crippen LogP contribution in [0.5, 0.6) is 0 Å². The molecule has 1 aromatic heterocycles. The van der Waals surface area contributed by atoms with Crippen LogP contribution in [0.1, 0.15) is 35.9 Å². The predicted octanol–water partition coefficient (Wildman–Crippen LogP) is 4.11. The van der Waals surface area contributed by atoms with Crippen molar-refractivity contribution in [3.05, 3.63) is 34.0 Å². The fourth-order valence-electron chi connectivity index (χ4n) is 1.68. The van der Waals surface area contributed by atoms with Crippen LogP contribution in [0.3, 0.4) is 0 Å². The summed E-state index contributed by atoms with van der Waals surface area (Å²) >= 11 is 3.38. The number of ether oxygens (including phenoxy) is 1. The van der Waals surface area contributed by atoms with Gasteiger partial charge in [0.1, 0.15) is 16.9 Å². The molecule has 0 unspecified atom stereocenters. The minimum atomic E-state index is -0.388. The van der Waals surface area contributed by atoms with Crippen LogP contribution in [-0.2, 0) is 4.74 Å². The van der Waals surface area contributed by atoms with E-state index in [4.69, 9.17) is 9.15 Å². The molecule has 0 saturated heterocycles. The van der Waals surface area contributed by atoms with E-state index < -0.39 is 0 Å². The third-order valence-corrected chi connectivity index (χ3v) is 3.03. The number of fused-ring (bicyclic) bond motifs is 1. The summed E-state index contributed by atoms with van der Waals surface area (Å²) in [4.78, 5) is 11.7. The summed E-state index contributed by atoms with van der Waals surface area (Å²) in [5.41, 5.74) is 1.03. The average molecular weight is 297 g/mol. The van der Waals surface area contributed by atoms with Gasteiger partial charge in [0.2, 0.25) is 0 Å². The summed E-state index contributed by atoms with van der Waals surface area (Å²) < 4.78 is 11.3. The Bertz CT molecular complexity index is 569. The molecule has 4 heteroatoms. The van der Waals surface area contributed by atoms with Gasteiger partial charge in [0.25, 0.3) is 0 Å². The second-order valence-electron chi connectivity index (χ2n) is 4.17. The van der Waals surface area contributed by atoms with Crippen molar-refractivity contribution in [3.63, 3.8) is 0 Å². The molecule has 1 aromatic carbocycles. The zero-order chi connectivity index (χ0) is 12.6. The van der Waals surface area contributed by atoms with E-state index in [9.17, 15) is 4.79 Å². The van der Waals surface area contributed by atoms with Crippen molar-refractivity contribution in [1.82, 2.24) is 0 Å². The normalized spacial score (nSPS) is 11.1. The Kier molecular flexibility index (Phi) is 3.24. The number of carbonyl (C=O) groups excluding carboxylic acids is 1. The highest BCUT2D eigenvalue weighted by molar-refractivity contribution is 9.10. The number of methoxy groups -OCH3 is 1. The molecular weight excluding hydrogens is 284 g/mol. The minimum Gasteiger partial charge on any atom is -0.465 e. The fourth-order valence-corrected chi connectivity index (χ4v) is 2.16. The number of rotatable bonds is 2. The van der Waals surface area contributed by atoms with Gasteiger partial charge in [-0.2, -0.15) is 0 Å². The van der Waals surface area contributed by atoms with Crippen LogP contribution in [0.2, 0.25) is 0 Å². The molecule has 1 heterocycles. The average Bonchev–Trinajstić information content (AvgIpc) is 2.70. The largest absolute Gasteiger partial charge is 0.465 e. The maximum absolute atomic E-state index is 11.7. The molecule has 17 heavy (non-hydrogen) atoms. The lowest BCUT2D eigenvalue weighted by Gasteiger charge is -2.01. The molecule has 0 atom stereocenters. The highest BCUT2D eigenvalue weighted by atomic mass is 79.9. The van der Waals surface area contributed by atoms with Crippen LogP contribution in [0.4, 0.5) is 0 Å². The number of hydrogen-bond acceptors (Lipinski definition) is 3. The summed E-state index contributed by atoms with van der Waals surface area (Å²) in [6.07, 6.45) is 0. The molecule has 0 fully saturated rings. The molecule has 0 N–H and O–H groups in total. The lowest BCUT2D eigenvalue weighted by molar-refractivity contribution is 0.0601. The molecule has 2 aromatic rings. The lowest BCUT2D eigenvalue weighted by Crippen LogP contribution is -2.01. The lowest BCUT2D eigenvalue weighted by atomic mass is 10.1. The van der Waals surface area contributed by atoms with Crippen molar-refractivity contribution >= 4 is 32.9 Å². The second-order valence-corrected chi connectivity index (χ2v) is 5.08. The quantitative estimate of drug-likeness (QED) is 0.783. The van der Waals surface area contributed by atoms with Gasteiger partial charge in [-0.15, -0.1) is 0 Å². The van der Waals surface area contributed by atoms with Crippen LogP contribution in [0, 0.1) is 0 Å². The van der Waals surface area contributed by atoms with Gasteiger partial charge in [0, 0.05) is 15.8 Å². The Balaban J connectivity index is 2.69. The van der Waals surface area contributed by atoms with Crippen molar-refractivity contribution in [2.45, 2.75) is 19.8 Å². The van der Waals surface area contributed by atoms with E-state index in [0.29, 0.717) is 11.1 Å². The monoisotopic (exact) mass is 296 g/mol. The minimum absolute atomic E-state index is 0.284. The molecule has 0 amide bonds. The maximum atomic E-state index is 11.7. The van der Waals surface area contributed by atoms with Crippen LogP contribution in [0.25, 0.3) is 11.0 Å². The first kappa shape index (κ1) is 12.2. The van der Waals surface area contributed by atoms with E-state index in [-0.39, 0.29) is 11.9 Å². The Morgan fingerprint density at radius 3 is 2.65 bits per heavy atom. The molecule has 0 aliphatic carbocycles. The standard InChI is InChI=1S/C13H13BrO3/c1-7(2)11-5-8-4-9(14)6-10(12(8)17-11)13(15)16-3/h4-7H,1-3H3. The second kappa shape index (κ2) is 4.53. The Morgan fingerprint density at radius 1 is 1.35 bits per heavy atom. The first-order valence-electron chi connectivity index (χ1n) is 5.34. The molecule has 0 saturated carbocycles.